The fourth-order valence-corrected chi connectivity index (χ4v) is 46.4. The zero-order valence-electron chi connectivity index (χ0n) is 23.2. The maximum atomic E-state index is 7.51. The first kappa shape index (κ1) is 34.4. The molecule has 0 spiro atoms. The molecular formula is C26H58O5Sn2. The van der Waals surface area contributed by atoms with E-state index in [-0.39, 0.29) is 0 Å². The van der Waals surface area contributed by atoms with E-state index in [1.54, 1.807) is 0 Å². The maximum absolute atomic E-state index is 7.51. The number of rotatable bonds is 26. The fourth-order valence-electron chi connectivity index (χ4n) is 4.05. The van der Waals surface area contributed by atoms with Crippen molar-refractivity contribution in [1.82, 2.24) is 0 Å². The molecule has 0 heterocycles. The SMILES string of the molecule is CCC[CH2][Sn]([CH2]CCC)([CH2]CCC)[O][Sn]([CH2]CCC)([O]CCOCCC)[O]CCOCCC. The van der Waals surface area contributed by atoms with E-state index in [2.05, 4.69) is 41.5 Å². The average Bonchev–Trinajstić information content (AvgIpc) is 2.83. The normalized spacial score (nSPS) is 12.5. The van der Waals surface area contributed by atoms with E-state index >= 15 is 0 Å². The molecule has 0 unspecified atom stereocenters. The van der Waals surface area contributed by atoms with Gasteiger partial charge in [0.25, 0.3) is 0 Å². The summed E-state index contributed by atoms with van der Waals surface area (Å²) in [6.07, 6.45) is 12.0. The Labute approximate surface area is 217 Å². The Hall–Kier alpha value is 1.40. The molecule has 0 bridgehead atoms. The van der Waals surface area contributed by atoms with E-state index < -0.39 is 38.4 Å². The molecular weight excluding hydrogens is 630 g/mol. The van der Waals surface area contributed by atoms with Gasteiger partial charge in [-0.3, -0.25) is 0 Å². The van der Waals surface area contributed by atoms with Gasteiger partial charge in [-0.2, -0.15) is 0 Å². The summed E-state index contributed by atoms with van der Waals surface area (Å²) in [7, 11) is 0. The third-order valence-corrected chi connectivity index (χ3v) is 39.6. The number of unbranched alkanes of at least 4 members (excludes halogenated alkanes) is 4. The standard InChI is InChI=1S/2C5H11O2.4C4H9.O.2Sn/c2*1-2-4-7-5-3-6;4*1-3-4-2;;;/h2*2-5H2,1H3;4*1,3-4H2,2H3;;;/q2*-1;;;;;;;+2. The van der Waals surface area contributed by atoms with Crippen LogP contribution in [0, 0.1) is 0 Å². The molecule has 7 heteroatoms. The summed E-state index contributed by atoms with van der Waals surface area (Å²) >= 11 is -6.60. The van der Waals surface area contributed by atoms with Crippen molar-refractivity contribution in [3.63, 3.8) is 0 Å². The average molecular weight is 688 g/mol. The first-order valence-electron chi connectivity index (χ1n) is 14.2. The predicted molar refractivity (Wildman–Crippen MR) is 146 cm³/mol. The van der Waals surface area contributed by atoms with Crippen LogP contribution in [0.2, 0.25) is 17.7 Å². The second-order valence-electron chi connectivity index (χ2n) is 9.30. The zero-order chi connectivity index (χ0) is 24.7. The van der Waals surface area contributed by atoms with E-state index in [0.717, 1.165) is 43.3 Å². The van der Waals surface area contributed by atoms with Crippen LogP contribution in [0.1, 0.15) is 106 Å². The van der Waals surface area contributed by atoms with Crippen LogP contribution in [-0.2, 0) is 17.0 Å². The molecule has 0 rings (SSSR count). The minimum absolute atomic E-state index is 0.604. The van der Waals surface area contributed by atoms with E-state index in [4.69, 9.17) is 17.0 Å². The van der Waals surface area contributed by atoms with Crippen molar-refractivity contribution in [1.29, 1.82) is 0 Å². The van der Waals surface area contributed by atoms with Crippen molar-refractivity contribution in [2.45, 2.75) is 123 Å². The van der Waals surface area contributed by atoms with Crippen LogP contribution in [0.5, 0.6) is 0 Å². The summed E-state index contributed by atoms with van der Waals surface area (Å²) in [5, 5.41) is 0. The molecule has 0 aliphatic carbocycles. The van der Waals surface area contributed by atoms with Gasteiger partial charge < -0.3 is 0 Å². The number of ether oxygens (including phenoxy) is 2. The quantitative estimate of drug-likeness (QED) is 0.0682. The van der Waals surface area contributed by atoms with E-state index in [1.807, 2.05) is 0 Å². The second kappa shape index (κ2) is 23.8. The molecule has 0 radical (unpaired) electrons. The Balaban J connectivity index is 5.71. The Kier molecular flexibility index (Phi) is 24.8. The topological polar surface area (TPSA) is 46.2 Å². The molecule has 200 valence electrons. The molecule has 0 aromatic rings. The van der Waals surface area contributed by atoms with Gasteiger partial charge in [-0.25, -0.2) is 0 Å². The zero-order valence-corrected chi connectivity index (χ0v) is 28.9. The van der Waals surface area contributed by atoms with Gasteiger partial charge in [-0.1, -0.05) is 0 Å². The van der Waals surface area contributed by atoms with Gasteiger partial charge in [-0.05, 0) is 0 Å². The van der Waals surface area contributed by atoms with Gasteiger partial charge >= 0.3 is 219 Å². The molecule has 0 aromatic heterocycles. The third kappa shape index (κ3) is 17.5. The Bertz CT molecular complexity index is 376. The van der Waals surface area contributed by atoms with Crippen LogP contribution >= 0.6 is 0 Å². The van der Waals surface area contributed by atoms with Crippen molar-refractivity contribution in [3.05, 3.63) is 0 Å². The first-order valence-corrected chi connectivity index (χ1v) is 26.9. The van der Waals surface area contributed by atoms with Gasteiger partial charge in [0.2, 0.25) is 0 Å². The molecule has 0 amide bonds. The predicted octanol–water partition coefficient (Wildman–Crippen LogP) is 7.97. The molecule has 0 fully saturated rings. The second-order valence-corrected chi connectivity index (χ2v) is 31.8. The van der Waals surface area contributed by atoms with Crippen LogP contribution in [0.3, 0.4) is 0 Å². The molecule has 0 saturated carbocycles. The fraction of sp³-hybridized carbons (Fsp3) is 1.00. The van der Waals surface area contributed by atoms with Crippen molar-refractivity contribution >= 4 is 38.4 Å². The van der Waals surface area contributed by atoms with Crippen LogP contribution in [0.4, 0.5) is 0 Å². The summed E-state index contributed by atoms with van der Waals surface area (Å²) < 4.78 is 37.4. The Morgan fingerprint density at radius 3 is 1.18 bits per heavy atom. The van der Waals surface area contributed by atoms with Crippen molar-refractivity contribution in [2.75, 3.05) is 39.6 Å². The summed E-state index contributed by atoms with van der Waals surface area (Å²) in [5.74, 6) is 0. The van der Waals surface area contributed by atoms with Crippen molar-refractivity contribution in [3.8, 4) is 0 Å². The molecule has 5 nitrogen and oxygen atoms in total. The van der Waals surface area contributed by atoms with Crippen molar-refractivity contribution < 1.29 is 17.0 Å². The molecule has 0 aromatic carbocycles. The minimum atomic E-state index is -3.74. The van der Waals surface area contributed by atoms with Crippen molar-refractivity contribution in [2.24, 2.45) is 0 Å². The number of hydrogen-bond donors (Lipinski definition) is 0. The molecule has 0 N–H and O–H groups in total. The van der Waals surface area contributed by atoms with E-state index in [1.165, 1.54) is 51.8 Å². The summed E-state index contributed by atoms with van der Waals surface area (Å²) in [4.78, 5) is 0. The van der Waals surface area contributed by atoms with Gasteiger partial charge in [0, 0.05) is 0 Å². The van der Waals surface area contributed by atoms with Crippen LogP contribution < -0.4 is 0 Å². The Morgan fingerprint density at radius 2 is 0.818 bits per heavy atom. The number of hydrogen-bond acceptors (Lipinski definition) is 5. The van der Waals surface area contributed by atoms with E-state index in [9.17, 15) is 0 Å². The Morgan fingerprint density at radius 1 is 0.424 bits per heavy atom. The molecule has 0 saturated heterocycles. The van der Waals surface area contributed by atoms with E-state index in [0.29, 0.717) is 26.4 Å². The molecule has 33 heavy (non-hydrogen) atoms. The molecule has 0 aliphatic rings. The monoisotopic (exact) mass is 690 g/mol. The van der Waals surface area contributed by atoms with Crippen LogP contribution in [0.15, 0.2) is 0 Å². The summed E-state index contributed by atoms with van der Waals surface area (Å²) in [6.45, 7) is 17.6. The van der Waals surface area contributed by atoms with Crippen LogP contribution in [-0.4, -0.2) is 78.1 Å². The van der Waals surface area contributed by atoms with Gasteiger partial charge in [0.1, 0.15) is 0 Å². The van der Waals surface area contributed by atoms with Crippen LogP contribution in [0.25, 0.3) is 0 Å². The molecule has 0 aliphatic heterocycles. The summed E-state index contributed by atoms with van der Waals surface area (Å²) in [5.41, 5.74) is 0. The van der Waals surface area contributed by atoms with Gasteiger partial charge in [0.05, 0.1) is 0 Å². The third-order valence-electron chi connectivity index (χ3n) is 5.96. The van der Waals surface area contributed by atoms with Gasteiger partial charge in [0.15, 0.2) is 0 Å². The summed E-state index contributed by atoms with van der Waals surface area (Å²) in [6, 6.07) is 0. The van der Waals surface area contributed by atoms with Gasteiger partial charge in [-0.15, -0.1) is 0 Å². The molecule has 0 atom stereocenters. The first-order chi connectivity index (χ1) is 16.1.